The minimum absolute atomic E-state index is 0.0355. The smallest absolute Gasteiger partial charge is 0.223 e. The number of aliphatic hydroxyl groups excluding tert-OH is 1. The molecule has 0 aromatic carbocycles. The van der Waals surface area contributed by atoms with Crippen LogP contribution in [0.5, 0.6) is 0 Å². The lowest BCUT2D eigenvalue weighted by Gasteiger charge is -2.10. The predicted octanol–water partition coefficient (Wildman–Crippen LogP) is 0.920. The molecule has 2 N–H and O–H groups in total. The maximum atomic E-state index is 11.7. The van der Waals surface area contributed by atoms with Gasteiger partial charge in [0, 0.05) is 12.0 Å². The summed E-state index contributed by atoms with van der Waals surface area (Å²) in [4.78, 5) is 11.7. The van der Waals surface area contributed by atoms with Crippen molar-refractivity contribution in [1.82, 2.24) is 5.32 Å². The topological polar surface area (TPSA) is 49.3 Å². The minimum Gasteiger partial charge on any atom is -0.394 e. The molecule has 0 aromatic heterocycles. The molecule has 0 spiro atoms. The highest BCUT2D eigenvalue weighted by molar-refractivity contribution is 5.82. The van der Waals surface area contributed by atoms with Crippen LogP contribution in [0, 0.1) is 17.8 Å². The van der Waals surface area contributed by atoms with Gasteiger partial charge in [0.2, 0.25) is 5.91 Å². The van der Waals surface area contributed by atoms with Gasteiger partial charge in [-0.2, -0.15) is 0 Å². The molecule has 14 heavy (non-hydrogen) atoms. The van der Waals surface area contributed by atoms with Crippen LogP contribution in [0.3, 0.4) is 0 Å². The Hall–Kier alpha value is -0.570. The molecule has 0 bridgehead atoms. The highest BCUT2D eigenvalue weighted by Crippen LogP contribution is 2.55. The molecule has 2 saturated carbocycles. The fourth-order valence-electron chi connectivity index (χ4n) is 2.77. The Morgan fingerprint density at radius 1 is 1.43 bits per heavy atom. The Morgan fingerprint density at radius 3 is 2.50 bits per heavy atom. The van der Waals surface area contributed by atoms with Crippen molar-refractivity contribution in [2.75, 3.05) is 6.61 Å². The number of rotatable bonds is 3. The average Bonchev–Trinajstić information content (AvgIpc) is 2.91. The molecular weight excluding hydrogens is 178 g/mol. The summed E-state index contributed by atoms with van der Waals surface area (Å²) < 4.78 is 0. The Kier molecular flexibility index (Phi) is 2.77. The van der Waals surface area contributed by atoms with Crippen LogP contribution in [-0.4, -0.2) is 23.7 Å². The molecule has 0 aromatic rings. The minimum atomic E-state index is -0.0925. The third kappa shape index (κ3) is 1.78. The summed E-state index contributed by atoms with van der Waals surface area (Å²) >= 11 is 0. The highest BCUT2D eigenvalue weighted by Gasteiger charge is 2.54. The summed E-state index contributed by atoms with van der Waals surface area (Å²) in [5.74, 6) is 1.76. The monoisotopic (exact) mass is 197 g/mol. The predicted molar refractivity (Wildman–Crippen MR) is 53.6 cm³/mol. The Labute approximate surface area is 84.9 Å². The molecule has 2 aliphatic carbocycles. The van der Waals surface area contributed by atoms with Gasteiger partial charge in [-0.25, -0.2) is 0 Å². The van der Waals surface area contributed by atoms with E-state index in [2.05, 4.69) is 5.32 Å². The van der Waals surface area contributed by atoms with Gasteiger partial charge in [0.05, 0.1) is 6.61 Å². The first-order valence-electron chi connectivity index (χ1n) is 5.65. The molecule has 0 heterocycles. The molecule has 3 heteroatoms. The molecule has 3 nitrogen and oxygen atoms in total. The standard InChI is InChI=1S/C11H19NO2/c1-7(6-13)12-11(14)10-8-4-2-3-5-9(8)10/h7-10,13H,2-6H2,1H3,(H,12,14)/t7-,8?,9?,10?/m0/s1. The number of amides is 1. The van der Waals surface area contributed by atoms with Gasteiger partial charge in [-0.1, -0.05) is 12.8 Å². The van der Waals surface area contributed by atoms with Crippen molar-refractivity contribution in [3.63, 3.8) is 0 Å². The van der Waals surface area contributed by atoms with Crippen molar-refractivity contribution in [3.8, 4) is 0 Å². The van der Waals surface area contributed by atoms with Gasteiger partial charge in [0.15, 0.2) is 0 Å². The Bertz CT molecular complexity index is 217. The maximum Gasteiger partial charge on any atom is 0.223 e. The average molecular weight is 197 g/mol. The van der Waals surface area contributed by atoms with Crippen LogP contribution in [0.1, 0.15) is 32.6 Å². The second-order valence-corrected chi connectivity index (χ2v) is 4.73. The second kappa shape index (κ2) is 3.89. The molecular formula is C11H19NO2. The molecule has 3 atom stereocenters. The van der Waals surface area contributed by atoms with Crippen LogP contribution in [0.4, 0.5) is 0 Å². The molecule has 80 valence electrons. The van der Waals surface area contributed by atoms with E-state index >= 15 is 0 Å². The van der Waals surface area contributed by atoms with Gasteiger partial charge in [0.25, 0.3) is 0 Å². The number of hydrogen-bond acceptors (Lipinski definition) is 2. The fourth-order valence-corrected chi connectivity index (χ4v) is 2.77. The molecule has 0 saturated heterocycles. The SMILES string of the molecule is C[C@@H](CO)NC(=O)C1C2CCCCC21. The zero-order valence-electron chi connectivity index (χ0n) is 8.70. The fraction of sp³-hybridized carbons (Fsp3) is 0.909. The van der Waals surface area contributed by atoms with E-state index in [1.54, 1.807) is 0 Å². The molecule has 0 radical (unpaired) electrons. The number of fused-ring (bicyclic) bond motifs is 1. The highest BCUT2D eigenvalue weighted by atomic mass is 16.3. The first-order valence-corrected chi connectivity index (χ1v) is 5.65. The molecule has 2 aliphatic rings. The Morgan fingerprint density at radius 2 is 2.00 bits per heavy atom. The Balaban J connectivity index is 1.82. The van der Waals surface area contributed by atoms with E-state index in [9.17, 15) is 4.79 Å². The van der Waals surface area contributed by atoms with E-state index in [1.807, 2.05) is 6.92 Å². The van der Waals surface area contributed by atoms with E-state index in [-0.39, 0.29) is 24.5 Å². The maximum absolute atomic E-state index is 11.7. The lowest BCUT2D eigenvalue weighted by atomic mass is 10.0. The normalized spacial score (nSPS) is 37.1. The number of aliphatic hydroxyl groups is 1. The van der Waals surface area contributed by atoms with Crippen LogP contribution in [-0.2, 0) is 4.79 Å². The second-order valence-electron chi connectivity index (χ2n) is 4.73. The molecule has 2 unspecified atom stereocenters. The van der Waals surface area contributed by atoms with Crippen molar-refractivity contribution in [3.05, 3.63) is 0 Å². The number of nitrogens with one attached hydrogen (secondary N) is 1. The molecule has 0 aliphatic heterocycles. The summed E-state index contributed by atoms with van der Waals surface area (Å²) in [6.45, 7) is 1.87. The lowest BCUT2D eigenvalue weighted by Crippen LogP contribution is -2.36. The van der Waals surface area contributed by atoms with Gasteiger partial charge in [-0.15, -0.1) is 0 Å². The van der Waals surface area contributed by atoms with E-state index in [0.29, 0.717) is 11.8 Å². The lowest BCUT2D eigenvalue weighted by molar-refractivity contribution is -0.123. The molecule has 2 fully saturated rings. The van der Waals surface area contributed by atoms with Gasteiger partial charge < -0.3 is 10.4 Å². The van der Waals surface area contributed by atoms with Crippen LogP contribution in [0.2, 0.25) is 0 Å². The van der Waals surface area contributed by atoms with E-state index in [0.717, 1.165) is 0 Å². The van der Waals surface area contributed by atoms with Crippen LogP contribution in [0.15, 0.2) is 0 Å². The third-order valence-electron chi connectivity index (χ3n) is 3.62. The van der Waals surface area contributed by atoms with Gasteiger partial charge in [-0.3, -0.25) is 4.79 Å². The van der Waals surface area contributed by atoms with Crippen molar-refractivity contribution in [2.45, 2.75) is 38.6 Å². The molecule has 1 amide bonds. The number of carbonyl (C=O) groups is 1. The summed E-state index contributed by atoms with van der Waals surface area (Å²) in [5, 5.41) is 11.7. The summed E-state index contributed by atoms with van der Waals surface area (Å²) in [6, 6.07) is -0.0925. The largest absolute Gasteiger partial charge is 0.394 e. The van der Waals surface area contributed by atoms with Crippen molar-refractivity contribution >= 4 is 5.91 Å². The van der Waals surface area contributed by atoms with Gasteiger partial charge >= 0.3 is 0 Å². The van der Waals surface area contributed by atoms with Crippen molar-refractivity contribution < 1.29 is 9.90 Å². The van der Waals surface area contributed by atoms with Crippen molar-refractivity contribution in [1.29, 1.82) is 0 Å². The van der Waals surface area contributed by atoms with E-state index in [1.165, 1.54) is 25.7 Å². The van der Waals surface area contributed by atoms with E-state index in [4.69, 9.17) is 5.11 Å². The van der Waals surface area contributed by atoms with Crippen LogP contribution >= 0.6 is 0 Å². The van der Waals surface area contributed by atoms with Crippen LogP contribution in [0.25, 0.3) is 0 Å². The summed E-state index contributed by atoms with van der Waals surface area (Å²) in [6.07, 6.45) is 5.05. The quantitative estimate of drug-likeness (QED) is 0.707. The first-order chi connectivity index (χ1) is 6.74. The number of carbonyl (C=O) groups excluding carboxylic acids is 1. The van der Waals surface area contributed by atoms with Crippen LogP contribution < -0.4 is 5.32 Å². The number of hydrogen-bond donors (Lipinski definition) is 2. The zero-order valence-corrected chi connectivity index (χ0v) is 8.70. The summed E-state index contributed by atoms with van der Waals surface area (Å²) in [5.41, 5.74) is 0. The van der Waals surface area contributed by atoms with E-state index < -0.39 is 0 Å². The summed E-state index contributed by atoms with van der Waals surface area (Å²) in [7, 11) is 0. The third-order valence-corrected chi connectivity index (χ3v) is 3.62. The molecule has 2 rings (SSSR count). The first kappa shape index (κ1) is 9.97. The van der Waals surface area contributed by atoms with Gasteiger partial charge in [-0.05, 0) is 31.6 Å². The van der Waals surface area contributed by atoms with Gasteiger partial charge in [0.1, 0.15) is 0 Å². The van der Waals surface area contributed by atoms with Crippen molar-refractivity contribution in [2.24, 2.45) is 17.8 Å². The zero-order chi connectivity index (χ0) is 10.1.